The number of nitrogens with zero attached hydrogens (tertiary/aromatic N) is 1. The molecule has 2 aromatic rings. The maximum absolute atomic E-state index is 13.1. The molecule has 2 aliphatic heterocycles. The molecule has 0 radical (unpaired) electrons. The van der Waals surface area contributed by atoms with Crippen LogP contribution in [0.2, 0.25) is 0 Å². The highest BCUT2D eigenvalue weighted by Gasteiger charge is 2.33. The van der Waals surface area contributed by atoms with E-state index in [0.29, 0.717) is 12.1 Å². The molecule has 2 bridgehead atoms. The number of halogens is 1. The van der Waals surface area contributed by atoms with Crippen molar-refractivity contribution >= 4 is 0 Å². The maximum Gasteiger partial charge on any atom is 0.123 e. The van der Waals surface area contributed by atoms with Gasteiger partial charge in [0.05, 0.1) is 0 Å². The molecule has 0 spiro atoms. The van der Waals surface area contributed by atoms with Crippen molar-refractivity contribution in [1.29, 1.82) is 0 Å². The lowest BCUT2D eigenvalue weighted by molar-refractivity contribution is 0.0880. The number of fused-ring (bicyclic) bond motifs is 2. The first-order chi connectivity index (χ1) is 11.8. The van der Waals surface area contributed by atoms with Crippen LogP contribution in [-0.2, 0) is 13.0 Å². The van der Waals surface area contributed by atoms with Crippen LogP contribution in [0.5, 0.6) is 0 Å². The minimum atomic E-state index is -0.151. The molecular weight excluding hydrogens is 297 g/mol. The van der Waals surface area contributed by atoms with Gasteiger partial charge in [-0.25, -0.2) is 4.39 Å². The summed E-state index contributed by atoms with van der Waals surface area (Å²) < 4.78 is 13.1. The number of piperidine rings is 1. The zero-order chi connectivity index (χ0) is 16.4. The van der Waals surface area contributed by atoms with E-state index in [4.69, 9.17) is 0 Å². The second kappa shape index (κ2) is 6.90. The first-order valence-corrected chi connectivity index (χ1v) is 9.01. The SMILES string of the molecule is Fc1ccc(CC2=CC3CCCC(C2)N3Cc2ccccc2)cc1. The molecule has 124 valence electrons. The Labute approximate surface area is 143 Å². The van der Waals surface area contributed by atoms with Crippen LogP contribution < -0.4 is 0 Å². The average molecular weight is 321 g/mol. The molecule has 2 aliphatic rings. The smallest absolute Gasteiger partial charge is 0.123 e. The summed E-state index contributed by atoms with van der Waals surface area (Å²) in [6, 6.07) is 19.0. The Morgan fingerprint density at radius 1 is 0.917 bits per heavy atom. The van der Waals surface area contributed by atoms with Gasteiger partial charge in [0.1, 0.15) is 5.82 Å². The quantitative estimate of drug-likeness (QED) is 0.706. The van der Waals surface area contributed by atoms with E-state index in [1.807, 2.05) is 12.1 Å². The van der Waals surface area contributed by atoms with E-state index in [-0.39, 0.29) is 5.82 Å². The molecule has 2 atom stereocenters. The van der Waals surface area contributed by atoms with Gasteiger partial charge in [0.25, 0.3) is 0 Å². The molecule has 4 rings (SSSR count). The molecule has 1 saturated heterocycles. The van der Waals surface area contributed by atoms with E-state index in [1.165, 1.54) is 36.0 Å². The van der Waals surface area contributed by atoms with Gasteiger partial charge in [-0.1, -0.05) is 60.5 Å². The summed E-state index contributed by atoms with van der Waals surface area (Å²) in [5.74, 6) is -0.151. The third-order valence-corrected chi connectivity index (χ3v) is 5.41. The standard InChI is InChI=1S/C22H24FN/c23-20-11-9-17(10-12-20)13-19-14-21-7-4-8-22(15-19)24(21)16-18-5-2-1-3-6-18/h1-3,5-6,9-12,14,21-22H,4,7-8,13,15-16H2. The summed E-state index contributed by atoms with van der Waals surface area (Å²) in [4.78, 5) is 2.69. The van der Waals surface area contributed by atoms with Gasteiger partial charge in [0, 0.05) is 18.6 Å². The molecule has 24 heavy (non-hydrogen) atoms. The Hall–Kier alpha value is -1.93. The molecule has 0 saturated carbocycles. The van der Waals surface area contributed by atoms with Crippen LogP contribution in [-0.4, -0.2) is 17.0 Å². The highest BCUT2D eigenvalue weighted by atomic mass is 19.1. The second-order valence-corrected chi connectivity index (χ2v) is 7.14. The predicted molar refractivity (Wildman–Crippen MR) is 96.2 cm³/mol. The fraction of sp³-hybridized carbons (Fsp3) is 0.364. The van der Waals surface area contributed by atoms with E-state index < -0.39 is 0 Å². The lowest BCUT2D eigenvalue weighted by Crippen LogP contribution is -2.48. The van der Waals surface area contributed by atoms with E-state index in [2.05, 4.69) is 41.3 Å². The Morgan fingerprint density at radius 3 is 2.46 bits per heavy atom. The van der Waals surface area contributed by atoms with E-state index >= 15 is 0 Å². The fourth-order valence-electron chi connectivity index (χ4n) is 4.24. The van der Waals surface area contributed by atoms with Crippen molar-refractivity contribution in [2.75, 3.05) is 0 Å². The lowest BCUT2D eigenvalue weighted by atomic mass is 9.83. The number of hydrogen-bond donors (Lipinski definition) is 0. The molecular formula is C22H24FN. The molecule has 2 heteroatoms. The zero-order valence-electron chi connectivity index (χ0n) is 14.0. The van der Waals surface area contributed by atoms with Crippen molar-refractivity contribution in [3.8, 4) is 0 Å². The van der Waals surface area contributed by atoms with Crippen LogP contribution in [0.25, 0.3) is 0 Å². The van der Waals surface area contributed by atoms with Crippen molar-refractivity contribution in [3.05, 3.63) is 83.2 Å². The Morgan fingerprint density at radius 2 is 1.71 bits per heavy atom. The minimum absolute atomic E-state index is 0.151. The minimum Gasteiger partial charge on any atom is -0.289 e. The number of rotatable bonds is 4. The Kier molecular flexibility index (Phi) is 4.48. The van der Waals surface area contributed by atoms with E-state index in [0.717, 1.165) is 19.4 Å². The van der Waals surface area contributed by atoms with Crippen LogP contribution in [0, 0.1) is 5.82 Å². The van der Waals surface area contributed by atoms with Crippen molar-refractivity contribution in [3.63, 3.8) is 0 Å². The van der Waals surface area contributed by atoms with Gasteiger partial charge >= 0.3 is 0 Å². The topological polar surface area (TPSA) is 3.24 Å². The second-order valence-electron chi connectivity index (χ2n) is 7.14. The third-order valence-electron chi connectivity index (χ3n) is 5.41. The largest absolute Gasteiger partial charge is 0.289 e. The highest BCUT2D eigenvalue weighted by molar-refractivity contribution is 5.27. The first-order valence-electron chi connectivity index (χ1n) is 9.01. The third kappa shape index (κ3) is 3.44. The first kappa shape index (κ1) is 15.6. The molecule has 1 fully saturated rings. The highest BCUT2D eigenvalue weighted by Crippen LogP contribution is 2.35. The van der Waals surface area contributed by atoms with Crippen LogP contribution >= 0.6 is 0 Å². The Bertz CT molecular complexity index is 705. The zero-order valence-corrected chi connectivity index (χ0v) is 14.0. The molecule has 0 N–H and O–H groups in total. The molecule has 0 aromatic heterocycles. The van der Waals surface area contributed by atoms with Crippen molar-refractivity contribution in [1.82, 2.24) is 4.90 Å². The normalized spacial score (nSPS) is 23.8. The van der Waals surface area contributed by atoms with Crippen LogP contribution in [0.15, 0.2) is 66.2 Å². The van der Waals surface area contributed by atoms with E-state index in [9.17, 15) is 4.39 Å². The predicted octanol–water partition coefficient (Wildman–Crippen LogP) is 5.12. The lowest BCUT2D eigenvalue weighted by Gasteiger charge is -2.45. The van der Waals surface area contributed by atoms with Crippen LogP contribution in [0.1, 0.15) is 36.8 Å². The molecule has 1 nitrogen and oxygen atoms in total. The van der Waals surface area contributed by atoms with Crippen molar-refractivity contribution in [2.45, 2.75) is 50.7 Å². The number of hydrogen-bond acceptors (Lipinski definition) is 1. The summed E-state index contributed by atoms with van der Waals surface area (Å²) in [5.41, 5.74) is 4.16. The molecule has 0 aliphatic carbocycles. The fourth-order valence-corrected chi connectivity index (χ4v) is 4.24. The van der Waals surface area contributed by atoms with Crippen LogP contribution in [0.3, 0.4) is 0 Å². The molecule has 2 aromatic carbocycles. The summed E-state index contributed by atoms with van der Waals surface area (Å²) in [7, 11) is 0. The van der Waals surface area contributed by atoms with Gasteiger partial charge in [-0.15, -0.1) is 0 Å². The van der Waals surface area contributed by atoms with Gasteiger partial charge in [-0.2, -0.15) is 0 Å². The Balaban J connectivity index is 1.50. The van der Waals surface area contributed by atoms with Gasteiger partial charge < -0.3 is 0 Å². The summed E-state index contributed by atoms with van der Waals surface area (Å²) in [5, 5.41) is 0. The van der Waals surface area contributed by atoms with Crippen LogP contribution in [0.4, 0.5) is 4.39 Å². The van der Waals surface area contributed by atoms with Gasteiger partial charge in [0.2, 0.25) is 0 Å². The van der Waals surface area contributed by atoms with Gasteiger partial charge in [0.15, 0.2) is 0 Å². The molecule has 0 amide bonds. The molecule has 2 unspecified atom stereocenters. The summed E-state index contributed by atoms with van der Waals surface area (Å²) >= 11 is 0. The van der Waals surface area contributed by atoms with Gasteiger partial charge in [-0.05, 0) is 48.9 Å². The maximum atomic E-state index is 13.1. The van der Waals surface area contributed by atoms with E-state index in [1.54, 1.807) is 12.1 Å². The van der Waals surface area contributed by atoms with Crippen molar-refractivity contribution in [2.24, 2.45) is 0 Å². The summed E-state index contributed by atoms with van der Waals surface area (Å²) in [6.07, 6.45) is 8.50. The number of benzene rings is 2. The molecule has 2 heterocycles. The van der Waals surface area contributed by atoms with Crippen molar-refractivity contribution < 1.29 is 4.39 Å². The average Bonchev–Trinajstić information content (AvgIpc) is 2.58. The summed E-state index contributed by atoms with van der Waals surface area (Å²) in [6.45, 7) is 1.05. The van der Waals surface area contributed by atoms with Gasteiger partial charge in [-0.3, -0.25) is 4.90 Å². The monoisotopic (exact) mass is 321 g/mol.